The molecule has 0 spiro atoms. The highest BCUT2D eigenvalue weighted by Crippen LogP contribution is 2.15. The molecule has 0 bridgehead atoms. The van der Waals surface area contributed by atoms with Crippen LogP contribution < -0.4 is 11.1 Å². The summed E-state index contributed by atoms with van der Waals surface area (Å²) >= 11 is 1.36. The molecule has 0 radical (unpaired) electrons. The molecule has 0 heterocycles. The van der Waals surface area contributed by atoms with E-state index in [1.165, 1.54) is 17.8 Å². The number of hydrogen-bond donors (Lipinski definition) is 2. The van der Waals surface area contributed by atoms with Gasteiger partial charge in [-0.3, -0.25) is 4.79 Å². The number of thioether (sulfide) groups is 1. The van der Waals surface area contributed by atoms with Crippen molar-refractivity contribution in [3.05, 3.63) is 29.8 Å². The lowest BCUT2D eigenvalue weighted by Gasteiger charge is -2.05. The largest absolute Gasteiger partial charge is 0.330 e. The zero-order valence-corrected chi connectivity index (χ0v) is 9.32. The molecule has 16 heavy (non-hydrogen) atoms. The van der Waals surface area contributed by atoms with E-state index >= 15 is 0 Å². The van der Waals surface area contributed by atoms with Crippen molar-refractivity contribution in [3.8, 4) is 0 Å². The van der Waals surface area contributed by atoms with Crippen LogP contribution in [-0.2, 0) is 4.79 Å². The van der Waals surface area contributed by atoms with Crippen molar-refractivity contribution < 1.29 is 13.6 Å². The molecule has 0 aromatic heterocycles. The molecule has 0 aliphatic rings. The van der Waals surface area contributed by atoms with Gasteiger partial charge in [-0.05, 0) is 12.1 Å². The quantitative estimate of drug-likeness (QED) is 0.776. The van der Waals surface area contributed by atoms with E-state index in [-0.39, 0.29) is 17.3 Å². The summed E-state index contributed by atoms with van der Waals surface area (Å²) in [4.78, 5) is 11.3. The zero-order chi connectivity index (χ0) is 12.0. The number of anilines is 1. The Balaban J connectivity index is 2.49. The van der Waals surface area contributed by atoms with E-state index < -0.39 is 11.6 Å². The van der Waals surface area contributed by atoms with Crippen molar-refractivity contribution >= 4 is 23.4 Å². The number of benzene rings is 1. The zero-order valence-electron chi connectivity index (χ0n) is 8.50. The van der Waals surface area contributed by atoms with Gasteiger partial charge < -0.3 is 11.1 Å². The molecule has 0 fully saturated rings. The molecule has 6 heteroatoms. The molecule has 3 nitrogen and oxygen atoms in total. The monoisotopic (exact) mass is 246 g/mol. The van der Waals surface area contributed by atoms with Gasteiger partial charge in [0.15, 0.2) is 0 Å². The van der Waals surface area contributed by atoms with E-state index in [0.717, 1.165) is 12.1 Å². The molecular weight excluding hydrogens is 234 g/mol. The molecule has 1 aromatic carbocycles. The fourth-order valence-electron chi connectivity index (χ4n) is 1.03. The van der Waals surface area contributed by atoms with Crippen LogP contribution in [0.5, 0.6) is 0 Å². The van der Waals surface area contributed by atoms with E-state index in [0.29, 0.717) is 12.3 Å². The third-order valence-corrected chi connectivity index (χ3v) is 2.69. The average Bonchev–Trinajstić information content (AvgIpc) is 2.23. The summed E-state index contributed by atoms with van der Waals surface area (Å²) < 4.78 is 25.7. The highest BCUT2D eigenvalue weighted by Gasteiger charge is 2.07. The van der Waals surface area contributed by atoms with Gasteiger partial charge in [-0.2, -0.15) is 11.8 Å². The fourth-order valence-corrected chi connectivity index (χ4v) is 1.59. The normalized spacial score (nSPS) is 10.2. The number of carbonyl (C=O) groups is 1. The standard InChI is InChI=1S/C10H12F2N2OS/c11-7-1-2-9(8(12)5-7)14-10(15)6-16-4-3-13/h1-2,5H,3-4,6,13H2,(H,14,15). The Morgan fingerprint density at radius 3 is 2.81 bits per heavy atom. The topological polar surface area (TPSA) is 55.1 Å². The van der Waals surface area contributed by atoms with Gasteiger partial charge in [-0.25, -0.2) is 8.78 Å². The fraction of sp³-hybridized carbons (Fsp3) is 0.300. The van der Waals surface area contributed by atoms with E-state index in [2.05, 4.69) is 5.32 Å². The van der Waals surface area contributed by atoms with E-state index in [1.807, 2.05) is 0 Å². The molecule has 0 atom stereocenters. The lowest BCUT2D eigenvalue weighted by atomic mass is 10.3. The van der Waals surface area contributed by atoms with E-state index in [9.17, 15) is 13.6 Å². The minimum atomic E-state index is -0.780. The van der Waals surface area contributed by atoms with Gasteiger partial charge in [0.25, 0.3) is 0 Å². The summed E-state index contributed by atoms with van der Waals surface area (Å²) in [5.74, 6) is -0.915. The Morgan fingerprint density at radius 1 is 1.44 bits per heavy atom. The first-order valence-corrected chi connectivity index (χ1v) is 5.81. The van der Waals surface area contributed by atoms with Crippen molar-refractivity contribution in [3.63, 3.8) is 0 Å². The van der Waals surface area contributed by atoms with Crippen molar-refractivity contribution in [1.82, 2.24) is 0 Å². The second-order valence-electron chi connectivity index (χ2n) is 3.01. The molecule has 3 N–H and O–H groups in total. The highest BCUT2D eigenvalue weighted by molar-refractivity contribution is 7.99. The molecule has 1 rings (SSSR count). The molecular formula is C10H12F2N2OS. The van der Waals surface area contributed by atoms with Gasteiger partial charge in [-0.1, -0.05) is 0 Å². The minimum absolute atomic E-state index is 0.0141. The van der Waals surface area contributed by atoms with Crippen LogP contribution in [-0.4, -0.2) is 24.0 Å². The van der Waals surface area contributed by atoms with Crippen LogP contribution in [0.2, 0.25) is 0 Å². The SMILES string of the molecule is NCCSCC(=O)Nc1ccc(F)cc1F. The van der Waals surface area contributed by atoms with Gasteiger partial charge >= 0.3 is 0 Å². The maximum Gasteiger partial charge on any atom is 0.234 e. The summed E-state index contributed by atoms with van der Waals surface area (Å²) in [5, 5.41) is 2.35. The van der Waals surface area contributed by atoms with Crippen LogP contribution in [0.4, 0.5) is 14.5 Å². The summed E-state index contributed by atoms with van der Waals surface area (Å²) in [7, 11) is 0. The molecule has 0 unspecified atom stereocenters. The van der Waals surface area contributed by atoms with Crippen LogP contribution in [0.25, 0.3) is 0 Å². The Kier molecular flexibility index (Phi) is 5.21. The number of halogens is 2. The molecule has 0 saturated heterocycles. The lowest BCUT2D eigenvalue weighted by molar-refractivity contribution is -0.113. The summed E-state index contributed by atoms with van der Waals surface area (Å²) in [5.41, 5.74) is 5.24. The number of amides is 1. The Morgan fingerprint density at radius 2 is 2.19 bits per heavy atom. The van der Waals surface area contributed by atoms with E-state index in [1.54, 1.807) is 0 Å². The number of nitrogens with one attached hydrogen (secondary N) is 1. The third kappa shape index (κ3) is 4.16. The molecule has 1 amide bonds. The maximum atomic E-state index is 13.1. The Bertz CT molecular complexity index is 374. The van der Waals surface area contributed by atoms with Crippen LogP contribution >= 0.6 is 11.8 Å². The summed E-state index contributed by atoms with van der Waals surface area (Å²) in [6.07, 6.45) is 0. The predicted octanol–water partition coefficient (Wildman–Crippen LogP) is 1.60. The second-order valence-corrected chi connectivity index (χ2v) is 4.12. The van der Waals surface area contributed by atoms with Crippen LogP contribution in [0.15, 0.2) is 18.2 Å². The molecule has 1 aromatic rings. The smallest absolute Gasteiger partial charge is 0.234 e. The number of rotatable bonds is 5. The van der Waals surface area contributed by atoms with Crippen molar-refractivity contribution in [2.75, 3.05) is 23.4 Å². The average molecular weight is 246 g/mol. The van der Waals surface area contributed by atoms with Gasteiger partial charge in [0.1, 0.15) is 11.6 Å². The van der Waals surface area contributed by atoms with Crippen LogP contribution in [0.1, 0.15) is 0 Å². The van der Waals surface area contributed by atoms with Gasteiger partial charge in [-0.15, -0.1) is 0 Å². The lowest BCUT2D eigenvalue weighted by Crippen LogP contribution is -2.16. The molecule has 0 saturated carbocycles. The maximum absolute atomic E-state index is 13.1. The third-order valence-electron chi connectivity index (χ3n) is 1.70. The Labute approximate surface area is 96.4 Å². The first kappa shape index (κ1) is 12.9. The van der Waals surface area contributed by atoms with Crippen molar-refractivity contribution in [2.24, 2.45) is 5.73 Å². The van der Waals surface area contributed by atoms with Gasteiger partial charge in [0.2, 0.25) is 5.91 Å². The second kappa shape index (κ2) is 6.44. The first-order valence-electron chi connectivity index (χ1n) is 4.66. The van der Waals surface area contributed by atoms with Gasteiger partial charge in [0.05, 0.1) is 11.4 Å². The van der Waals surface area contributed by atoms with Crippen LogP contribution in [0, 0.1) is 11.6 Å². The van der Waals surface area contributed by atoms with Crippen molar-refractivity contribution in [2.45, 2.75) is 0 Å². The number of nitrogens with two attached hydrogens (primary N) is 1. The number of hydrogen-bond acceptors (Lipinski definition) is 3. The summed E-state index contributed by atoms with van der Waals surface area (Å²) in [6, 6.07) is 3.00. The number of carbonyl (C=O) groups excluding carboxylic acids is 1. The minimum Gasteiger partial charge on any atom is -0.330 e. The molecule has 0 aliphatic heterocycles. The first-order chi connectivity index (χ1) is 7.63. The van der Waals surface area contributed by atoms with Crippen molar-refractivity contribution in [1.29, 1.82) is 0 Å². The van der Waals surface area contributed by atoms with Gasteiger partial charge in [0, 0.05) is 18.4 Å². The predicted molar refractivity (Wildman–Crippen MR) is 61.4 cm³/mol. The van der Waals surface area contributed by atoms with Crippen LogP contribution in [0.3, 0.4) is 0 Å². The summed E-state index contributed by atoms with van der Waals surface area (Å²) in [6.45, 7) is 0.489. The van der Waals surface area contributed by atoms with E-state index in [4.69, 9.17) is 5.73 Å². The highest BCUT2D eigenvalue weighted by atomic mass is 32.2. The molecule has 0 aliphatic carbocycles. The molecule has 88 valence electrons. The Hall–Kier alpha value is -1.14.